The summed E-state index contributed by atoms with van der Waals surface area (Å²) in [6, 6.07) is 2.59. The van der Waals surface area contributed by atoms with Gasteiger partial charge >= 0.3 is 0 Å². The lowest BCUT2D eigenvalue weighted by atomic mass is 10.1. The molecule has 0 radical (unpaired) electrons. The molecule has 0 amide bonds. The Hall–Kier alpha value is -2.06. The molecule has 9 heteroatoms. The molecule has 0 atom stereocenters. The first-order chi connectivity index (χ1) is 10.2. The number of benzene rings is 1. The molecular formula is C13H14ClN3O4S. The smallest absolute Gasteiger partial charge is 0.277 e. The second kappa shape index (κ2) is 5.62. The standard InChI is InChI=1S/C13H14ClN3O4S/c1-15-11-9(22(3,20)21)5-4-7(10(11)14)12(18)8-6-16-17(2)13(8)19/h4-6,15-16H,1-3H3. The van der Waals surface area contributed by atoms with Gasteiger partial charge in [-0.25, -0.2) is 8.42 Å². The van der Waals surface area contributed by atoms with Gasteiger partial charge in [0.25, 0.3) is 5.56 Å². The van der Waals surface area contributed by atoms with Crippen LogP contribution in [0.4, 0.5) is 5.69 Å². The van der Waals surface area contributed by atoms with Crippen molar-refractivity contribution in [2.24, 2.45) is 7.05 Å². The van der Waals surface area contributed by atoms with E-state index < -0.39 is 21.2 Å². The molecule has 1 aromatic heterocycles. The first kappa shape index (κ1) is 16.3. The minimum Gasteiger partial charge on any atom is -0.386 e. The maximum Gasteiger partial charge on any atom is 0.277 e. The summed E-state index contributed by atoms with van der Waals surface area (Å²) < 4.78 is 24.6. The molecule has 0 fully saturated rings. The molecule has 0 saturated carbocycles. The van der Waals surface area contributed by atoms with Crippen molar-refractivity contribution in [2.45, 2.75) is 4.90 Å². The van der Waals surface area contributed by atoms with Crippen LogP contribution in [-0.2, 0) is 16.9 Å². The Balaban J connectivity index is 2.66. The molecule has 2 N–H and O–H groups in total. The van der Waals surface area contributed by atoms with Crippen molar-refractivity contribution < 1.29 is 13.2 Å². The average molecular weight is 344 g/mol. The number of aromatic nitrogens is 2. The minimum atomic E-state index is -3.51. The molecule has 22 heavy (non-hydrogen) atoms. The Labute approximate surface area is 131 Å². The van der Waals surface area contributed by atoms with Gasteiger partial charge in [-0.1, -0.05) is 11.6 Å². The van der Waals surface area contributed by atoms with Gasteiger partial charge in [0.05, 0.1) is 15.6 Å². The second-order valence-corrected chi connectivity index (χ2v) is 7.06. The van der Waals surface area contributed by atoms with Gasteiger partial charge in [-0.05, 0) is 12.1 Å². The van der Waals surface area contributed by atoms with Crippen LogP contribution in [0.15, 0.2) is 28.0 Å². The van der Waals surface area contributed by atoms with Crippen molar-refractivity contribution in [2.75, 3.05) is 18.6 Å². The van der Waals surface area contributed by atoms with Crippen molar-refractivity contribution in [1.82, 2.24) is 9.78 Å². The predicted octanol–water partition coefficient (Wildman–Crippen LogP) is 1.04. The molecule has 0 aliphatic rings. The number of aryl methyl sites for hydroxylation is 1. The minimum absolute atomic E-state index is 0.0153. The molecule has 0 bridgehead atoms. The Kier molecular flexibility index (Phi) is 4.17. The van der Waals surface area contributed by atoms with E-state index in [4.69, 9.17) is 11.6 Å². The second-order valence-electron chi connectivity index (χ2n) is 4.70. The zero-order valence-corrected chi connectivity index (χ0v) is 13.7. The number of carbonyl (C=O) groups excluding carboxylic acids is 1. The fourth-order valence-electron chi connectivity index (χ4n) is 2.05. The quantitative estimate of drug-likeness (QED) is 0.808. The first-order valence-electron chi connectivity index (χ1n) is 6.18. The summed E-state index contributed by atoms with van der Waals surface area (Å²) in [4.78, 5) is 24.3. The number of halogens is 1. The van der Waals surface area contributed by atoms with Crippen LogP contribution in [0.2, 0.25) is 5.02 Å². The molecule has 0 aliphatic heterocycles. The molecule has 0 spiro atoms. The summed E-state index contributed by atoms with van der Waals surface area (Å²) >= 11 is 6.16. The van der Waals surface area contributed by atoms with Gasteiger partial charge in [0.2, 0.25) is 5.78 Å². The van der Waals surface area contributed by atoms with E-state index in [-0.39, 0.29) is 26.7 Å². The molecule has 118 valence electrons. The summed E-state index contributed by atoms with van der Waals surface area (Å²) in [7, 11) is -0.531. The van der Waals surface area contributed by atoms with Crippen molar-refractivity contribution in [1.29, 1.82) is 0 Å². The van der Waals surface area contributed by atoms with Gasteiger partial charge in [0, 0.05) is 32.1 Å². The summed E-state index contributed by atoms with van der Waals surface area (Å²) in [6.45, 7) is 0. The molecule has 0 saturated heterocycles. The fraction of sp³-hybridized carbons (Fsp3) is 0.231. The number of aromatic amines is 1. The maximum atomic E-state index is 12.4. The Bertz CT molecular complexity index is 912. The number of hydrogen-bond donors (Lipinski definition) is 2. The average Bonchev–Trinajstić information content (AvgIpc) is 2.77. The topological polar surface area (TPSA) is 101 Å². The number of ketones is 1. The summed E-state index contributed by atoms with van der Waals surface area (Å²) in [6.07, 6.45) is 2.33. The molecule has 0 unspecified atom stereocenters. The Morgan fingerprint density at radius 1 is 1.32 bits per heavy atom. The van der Waals surface area contributed by atoms with E-state index in [1.54, 1.807) is 0 Å². The molecule has 0 aliphatic carbocycles. The van der Waals surface area contributed by atoms with E-state index in [1.807, 2.05) is 0 Å². The first-order valence-corrected chi connectivity index (χ1v) is 8.44. The predicted molar refractivity (Wildman–Crippen MR) is 83.6 cm³/mol. The number of nitrogens with one attached hydrogen (secondary N) is 2. The molecular weight excluding hydrogens is 330 g/mol. The summed E-state index contributed by atoms with van der Waals surface area (Å²) in [5.41, 5.74) is -0.379. The fourth-order valence-corrected chi connectivity index (χ4v) is 3.34. The van der Waals surface area contributed by atoms with E-state index in [0.29, 0.717) is 0 Å². The molecule has 7 nitrogen and oxygen atoms in total. The highest BCUT2D eigenvalue weighted by atomic mass is 35.5. The number of anilines is 1. The van der Waals surface area contributed by atoms with Crippen LogP contribution >= 0.6 is 11.6 Å². The van der Waals surface area contributed by atoms with Gasteiger partial charge in [-0.3, -0.25) is 14.3 Å². The van der Waals surface area contributed by atoms with E-state index in [0.717, 1.165) is 10.9 Å². The number of hydrogen-bond acceptors (Lipinski definition) is 5. The van der Waals surface area contributed by atoms with E-state index in [9.17, 15) is 18.0 Å². The number of sulfone groups is 1. The highest BCUT2D eigenvalue weighted by Crippen LogP contribution is 2.33. The maximum absolute atomic E-state index is 12.4. The SMILES string of the molecule is CNc1c(S(C)(=O)=O)ccc(C(=O)c2c[nH]n(C)c2=O)c1Cl. The lowest BCUT2D eigenvalue weighted by molar-refractivity contribution is 0.103. The third-order valence-electron chi connectivity index (χ3n) is 3.18. The molecule has 1 heterocycles. The number of nitrogens with zero attached hydrogens (tertiary/aromatic N) is 1. The van der Waals surface area contributed by atoms with Crippen LogP contribution in [0.1, 0.15) is 15.9 Å². The zero-order valence-electron chi connectivity index (χ0n) is 12.1. The van der Waals surface area contributed by atoms with Crippen LogP contribution in [0.25, 0.3) is 0 Å². The van der Waals surface area contributed by atoms with Crippen molar-refractivity contribution >= 4 is 32.9 Å². The Morgan fingerprint density at radius 3 is 2.41 bits per heavy atom. The molecule has 2 rings (SSSR count). The van der Waals surface area contributed by atoms with Crippen LogP contribution in [0.5, 0.6) is 0 Å². The summed E-state index contributed by atoms with van der Waals surface area (Å²) in [5, 5.41) is 5.24. The summed E-state index contributed by atoms with van der Waals surface area (Å²) in [5.74, 6) is -0.580. The highest BCUT2D eigenvalue weighted by Gasteiger charge is 2.23. The van der Waals surface area contributed by atoms with Crippen molar-refractivity contribution in [3.63, 3.8) is 0 Å². The van der Waals surface area contributed by atoms with Crippen LogP contribution in [0, 0.1) is 0 Å². The normalized spacial score (nSPS) is 11.5. The monoisotopic (exact) mass is 343 g/mol. The number of carbonyl (C=O) groups is 1. The lowest BCUT2D eigenvalue weighted by Gasteiger charge is -2.12. The highest BCUT2D eigenvalue weighted by molar-refractivity contribution is 7.90. The van der Waals surface area contributed by atoms with E-state index >= 15 is 0 Å². The largest absolute Gasteiger partial charge is 0.386 e. The van der Waals surface area contributed by atoms with Crippen LogP contribution in [-0.4, -0.2) is 37.3 Å². The van der Waals surface area contributed by atoms with Gasteiger partial charge in [0.15, 0.2) is 9.84 Å². The third-order valence-corrected chi connectivity index (χ3v) is 4.71. The van der Waals surface area contributed by atoms with Gasteiger partial charge < -0.3 is 10.4 Å². The zero-order chi connectivity index (χ0) is 16.7. The van der Waals surface area contributed by atoms with Crippen LogP contribution < -0.4 is 10.9 Å². The van der Waals surface area contributed by atoms with Gasteiger partial charge in [0.1, 0.15) is 5.56 Å². The van der Waals surface area contributed by atoms with E-state index in [2.05, 4.69) is 10.4 Å². The van der Waals surface area contributed by atoms with Gasteiger partial charge in [-0.2, -0.15) is 0 Å². The lowest BCUT2D eigenvalue weighted by Crippen LogP contribution is -2.19. The molecule has 2 aromatic rings. The Morgan fingerprint density at radius 2 is 1.95 bits per heavy atom. The van der Waals surface area contributed by atoms with Crippen LogP contribution in [0.3, 0.4) is 0 Å². The molecule has 1 aromatic carbocycles. The van der Waals surface area contributed by atoms with Crippen molar-refractivity contribution in [3.8, 4) is 0 Å². The third kappa shape index (κ3) is 2.67. The number of H-pyrrole nitrogens is 1. The van der Waals surface area contributed by atoms with Gasteiger partial charge in [-0.15, -0.1) is 0 Å². The van der Waals surface area contributed by atoms with E-state index in [1.165, 1.54) is 32.4 Å². The number of rotatable bonds is 4. The van der Waals surface area contributed by atoms with Crippen molar-refractivity contribution in [3.05, 3.63) is 44.8 Å².